The van der Waals surface area contributed by atoms with Crippen LogP contribution in [0, 0.1) is 11.8 Å². The van der Waals surface area contributed by atoms with Crippen LogP contribution in [0.5, 0.6) is 0 Å². The molecule has 16 heavy (non-hydrogen) atoms. The lowest BCUT2D eigenvalue weighted by molar-refractivity contribution is 0.331. The lowest BCUT2D eigenvalue weighted by atomic mass is 9.86. The van der Waals surface area contributed by atoms with E-state index < -0.39 is 0 Å². The molecule has 0 atom stereocenters. The molecule has 2 nitrogen and oxygen atoms in total. The van der Waals surface area contributed by atoms with Crippen LogP contribution in [0.15, 0.2) is 0 Å². The third-order valence-electron chi connectivity index (χ3n) is 3.32. The van der Waals surface area contributed by atoms with E-state index in [4.69, 9.17) is 11.5 Å². The smallest absolute Gasteiger partial charge is 0.0278 e. The molecule has 0 amide bonds. The molecule has 98 valence electrons. The fourth-order valence-corrected chi connectivity index (χ4v) is 2.05. The van der Waals surface area contributed by atoms with E-state index in [2.05, 4.69) is 27.7 Å². The Balaban J connectivity index is 3.81. The number of hydrogen-bond donors (Lipinski definition) is 2. The van der Waals surface area contributed by atoms with Gasteiger partial charge in [-0.2, -0.15) is 0 Å². The van der Waals surface area contributed by atoms with E-state index in [1.54, 1.807) is 0 Å². The molecule has 0 spiro atoms. The van der Waals surface area contributed by atoms with Crippen LogP contribution in [0.3, 0.4) is 0 Å². The highest BCUT2D eigenvalue weighted by Crippen LogP contribution is 2.20. The molecule has 0 aliphatic carbocycles. The van der Waals surface area contributed by atoms with Gasteiger partial charge in [0.05, 0.1) is 0 Å². The average molecular weight is 228 g/mol. The van der Waals surface area contributed by atoms with Crippen molar-refractivity contribution in [2.24, 2.45) is 23.3 Å². The summed E-state index contributed by atoms with van der Waals surface area (Å²) in [5.74, 6) is 1.55. The zero-order valence-corrected chi connectivity index (χ0v) is 11.8. The van der Waals surface area contributed by atoms with E-state index in [1.807, 2.05) is 0 Å². The second kappa shape index (κ2) is 8.08. The molecule has 0 aromatic heterocycles. The summed E-state index contributed by atoms with van der Waals surface area (Å²) in [6.07, 6.45) is 7.13. The highest BCUT2D eigenvalue weighted by Gasteiger charge is 2.22. The van der Waals surface area contributed by atoms with Crippen LogP contribution in [-0.4, -0.2) is 12.1 Å². The lowest BCUT2D eigenvalue weighted by Gasteiger charge is -2.28. The monoisotopic (exact) mass is 228 g/mol. The van der Waals surface area contributed by atoms with E-state index >= 15 is 0 Å². The Kier molecular flexibility index (Phi) is 8.04. The minimum Gasteiger partial charge on any atom is -0.329 e. The maximum Gasteiger partial charge on any atom is 0.0278 e. The second-order valence-electron chi connectivity index (χ2n) is 6.14. The maximum absolute atomic E-state index is 6.34. The molecule has 0 aliphatic rings. The van der Waals surface area contributed by atoms with Crippen LogP contribution < -0.4 is 11.5 Å². The fraction of sp³-hybridized carbons (Fsp3) is 1.00. The summed E-state index contributed by atoms with van der Waals surface area (Å²) in [6, 6.07) is 0. The standard InChI is InChI=1S/C14H32N2/c1-12(2)7-5-9-14(16,11-15)10-6-8-13(3)4/h12-13H,5-11,15-16H2,1-4H3. The van der Waals surface area contributed by atoms with Gasteiger partial charge in [0.1, 0.15) is 0 Å². The summed E-state index contributed by atoms with van der Waals surface area (Å²) < 4.78 is 0. The summed E-state index contributed by atoms with van der Waals surface area (Å²) in [7, 11) is 0. The van der Waals surface area contributed by atoms with Crippen molar-refractivity contribution in [2.45, 2.75) is 71.8 Å². The van der Waals surface area contributed by atoms with Gasteiger partial charge in [-0.1, -0.05) is 53.4 Å². The second-order valence-corrected chi connectivity index (χ2v) is 6.14. The highest BCUT2D eigenvalue weighted by atomic mass is 14.8. The van der Waals surface area contributed by atoms with Crippen LogP contribution in [0.2, 0.25) is 0 Å². The lowest BCUT2D eigenvalue weighted by Crippen LogP contribution is -2.47. The first-order valence-electron chi connectivity index (χ1n) is 6.88. The number of rotatable bonds is 9. The molecule has 0 saturated heterocycles. The minimum atomic E-state index is -0.107. The van der Waals surface area contributed by atoms with Gasteiger partial charge in [0.15, 0.2) is 0 Å². The molecule has 4 N–H and O–H groups in total. The molecular weight excluding hydrogens is 196 g/mol. The van der Waals surface area contributed by atoms with Crippen LogP contribution in [0.4, 0.5) is 0 Å². The predicted octanol–water partition coefficient (Wildman–Crippen LogP) is 3.30. The van der Waals surface area contributed by atoms with Crippen molar-refractivity contribution in [1.29, 1.82) is 0 Å². The third-order valence-corrected chi connectivity index (χ3v) is 3.32. The Labute approximate surface area is 102 Å². The molecule has 0 fully saturated rings. The molecule has 0 unspecified atom stereocenters. The molecular formula is C14H32N2. The van der Waals surface area contributed by atoms with E-state index in [1.165, 1.54) is 25.7 Å². The van der Waals surface area contributed by atoms with Gasteiger partial charge in [0.25, 0.3) is 0 Å². The molecule has 0 heterocycles. The third kappa shape index (κ3) is 8.12. The van der Waals surface area contributed by atoms with Crippen molar-refractivity contribution in [3.8, 4) is 0 Å². The molecule has 0 aromatic rings. The van der Waals surface area contributed by atoms with Gasteiger partial charge in [-0.15, -0.1) is 0 Å². The Morgan fingerprint density at radius 1 is 0.875 bits per heavy atom. The summed E-state index contributed by atoms with van der Waals surface area (Å²) in [5, 5.41) is 0. The van der Waals surface area contributed by atoms with Crippen molar-refractivity contribution >= 4 is 0 Å². The van der Waals surface area contributed by atoms with Crippen molar-refractivity contribution < 1.29 is 0 Å². The van der Waals surface area contributed by atoms with E-state index in [0.717, 1.165) is 24.7 Å². The Morgan fingerprint density at radius 3 is 1.50 bits per heavy atom. The first-order valence-corrected chi connectivity index (χ1v) is 6.88. The quantitative estimate of drug-likeness (QED) is 0.636. The van der Waals surface area contributed by atoms with Gasteiger partial charge < -0.3 is 11.5 Å². The Morgan fingerprint density at radius 2 is 1.25 bits per heavy atom. The van der Waals surface area contributed by atoms with Crippen molar-refractivity contribution in [1.82, 2.24) is 0 Å². The van der Waals surface area contributed by atoms with Gasteiger partial charge >= 0.3 is 0 Å². The van der Waals surface area contributed by atoms with Gasteiger partial charge in [-0.05, 0) is 24.7 Å². The average Bonchev–Trinajstić information content (AvgIpc) is 2.16. The van der Waals surface area contributed by atoms with Gasteiger partial charge in [0, 0.05) is 12.1 Å². The molecule has 0 radical (unpaired) electrons. The van der Waals surface area contributed by atoms with Crippen LogP contribution in [0.25, 0.3) is 0 Å². The fourth-order valence-electron chi connectivity index (χ4n) is 2.05. The molecule has 0 rings (SSSR count). The largest absolute Gasteiger partial charge is 0.329 e. The Bertz CT molecular complexity index is 150. The zero-order valence-electron chi connectivity index (χ0n) is 11.8. The SMILES string of the molecule is CC(C)CCCC(N)(CN)CCCC(C)C. The van der Waals surface area contributed by atoms with E-state index in [0.29, 0.717) is 6.54 Å². The highest BCUT2D eigenvalue weighted by molar-refractivity contribution is 4.85. The molecule has 2 heteroatoms. The summed E-state index contributed by atoms with van der Waals surface area (Å²) in [5.41, 5.74) is 12.1. The topological polar surface area (TPSA) is 52.0 Å². The van der Waals surface area contributed by atoms with Gasteiger partial charge in [0.2, 0.25) is 0 Å². The Hall–Kier alpha value is -0.0800. The van der Waals surface area contributed by atoms with Crippen LogP contribution in [0.1, 0.15) is 66.2 Å². The molecule has 0 bridgehead atoms. The number of nitrogens with two attached hydrogens (primary N) is 2. The van der Waals surface area contributed by atoms with Crippen molar-refractivity contribution in [2.75, 3.05) is 6.54 Å². The molecule has 0 aromatic carbocycles. The van der Waals surface area contributed by atoms with E-state index in [9.17, 15) is 0 Å². The summed E-state index contributed by atoms with van der Waals surface area (Å²) in [4.78, 5) is 0. The summed E-state index contributed by atoms with van der Waals surface area (Å²) >= 11 is 0. The van der Waals surface area contributed by atoms with Crippen molar-refractivity contribution in [3.05, 3.63) is 0 Å². The first kappa shape index (κ1) is 15.9. The summed E-state index contributed by atoms with van der Waals surface area (Å²) in [6.45, 7) is 9.68. The normalized spacial score (nSPS) is 12.8. The van der Waals surface area contributed by atoms with Gasteiger partial charge in [-0.25, -0.2) is 0 Å². The number of hydrogen-bond acceptors (Lipinski definition) is 2. The maximum atomic E-state index is 6.34. The van der Waals surface area contributed by atoms with Crippen LogP contribution in [-0.2, 0) is 0 Å². The van der Waals surface area contributed by atoms with Crippen molar-refractivity contribution in [3.63, 3.8) is 0 Å². The van der Waals surface area contributed by atoms with E-state index in [-0.39, 0.29) is 5.54 Å². The molecule has 0 aliphatic heterocycles. The zero-order chi connectivity index (χ0) is 12.6. The minimum absolute atomic E-state index is 0.107. The first-order chi connectivity index (χ1) is 7.39. The predicted molar refractivity (Wildman–Crippen MR) is 73.4 cm³/mol. The van der Waals surface area contributed by atoms with Gasteiger partial charge in [-0.3, -0.25) is 0 Å². The van der Waals surface area contributed by atoms with Crippen LogP contribution >= 0.6 is 0 Å². The molecule has 0 saturated carbocycles.